The summed E-state index contributed by atoms with van der Waals surface area (Å²) in [7, 11) is 3.18. The zero-order chi connectivity index (χ0) is 30.2. The summed E-state index contributed by atoms with van der Waals surface area (Å²) in [6.07, 6.45) is 11.6. The number of methoxy groups -OCH3 is 2. The molecule has 1 aromatic carbocycles. The highest BCUT2D eigenvalue weighted by Crippen LogP contribution is 2.37. The fourth-order valence-corrected chi connectivity index (χ4v) is 6.62. The van der Waals surface area contributed by atoms with E-state index in [-0.39, 0.29) is 5.82 Å². The first-order valence-electron chi connectivity index (χ1n) is 16.1. The Morgan fingerprint density at radius 2 is 1.51 bits per heavy atom. The van der Waals surface area contributed by atoms with Crippen LogP contribution >= 0.6 is 0 Å². The van der Waals surface area contributed by atoms with Gasteiger partial charge in [0.1, 0.15) is 5.69 Å². The van der Waals surface area contributed by atoms with E-state index in [1.807, 2.05) is 6.34 Å². The third kappa shape index (κ3) is 10.3. The second-order valence-corrected chi connectivity index (χ2v) is 11.8. The second kappa shape index (κ2) is 18.8. The van der Waals surface area contributed by atoms with Gasteiger partial charge in [-0.15, -0.1) is 0 Å². The molecule has 0 N–H and O–H groups in total. The largest absolute Gasteiger partial charge is 0.494 e. The molecule has 0 aromatic heterocycles. The quantitative estimate of drug-likeness (QED) is 0.131. The smallest absolute Gasteiger partial charge is 0.180 e. The molecule has 1 aromatic rings. The summed E-state index contributed by atoms with van der Waals surface area (Å²) in [5, 5.41) is 0. The van der Waals surface area contributed by atoms with Gasteiger partial charge < -0.3 is 33.3 Å². The highest BCUT2D eigenvalue weighted by Gasteiger charge is 2.43. The van der Waals surface area contributed by atoms with Crippen molar-refractivity contribution in [1.29, 1.82) is 0 Å². The van der Waals surface area contributed by atoms with Crippen LogP contribution in [0.4, 0.5) is 10.1 Å². The lowest BCUT2D eigenvalue weighted by Crippen LogP contribution is -2.64. The maximum atomic E-state index is 15.0. The molecule has 2 unspecified atom stereocenters. The molecule has 0 radical (unpaired) electrons. The maximum Gasteiger partial charge on any atom is 0.180 e. The molecule has 3 aliphatic rings. The monoisotopic (exact) mass is 609 g/mol. The fraction of sp³-hybridized carbons (Fsp3) is 0.781. The molecule has 2 atom stereocenters. The van der Waals surface area contributed by atoms with E-state index in [0.29, 0.717) is 88.6 Å². The lowest BCUT2D eigenvalue weighted by molar-refractivity contribution is -0.0296. The van der Waals surface area contributed by atoms with E-state index in [4.69, 9.17) is 33.4 Å². The summed E-state index contributed by atoms with van der Waals surface area (Å²) in [6.45, 7) is 8.47. The molecule has 1 saturated heterocycles. The number of hydrogen-bond acceptors (Lipinski definition) is 9. The van der Waals surface area contributed by atoms with Crippen LogP contribution in [0.15, 0.2) is 23.2 Å². The van der Waals surface area contributed by atoms with Gasteiger partial charge in [0.2, 0.25) is 0 Å². The Kier molecular flexibility index (Phi) is 14.9. The molecule has 1 aliphatic carbocycles. The van der Waals surface area contributed by atoms with E-state index in [2.05, 4.69) is 15.9 Å². The summed E-state index contributed by atoms with van der Waals surface area (Å²) in [6, 6.07) is 6.34. The molecule has 0 bridgehead atoms. The normalized spacial score (nSPS) is 23.6. The number of likely N-dealkylation sites (tertiary alicyclic amines) is 1. The SMILES string of the molecule is COCCOCCOCCOCCOCN1CCCC1CN1C=NC[N+](c2ccc(OC)c(F)c2)(C2CCCCCC2)C1. The van der Waals surface area contributed by atoms with Crippen LogP contribution in [0.3, 0.4) is 0 Å². The van der Waals surface area contributed by atoms with E-state index in [9.17, 15) is 4.39 Å². The van der Waals surface area contributed by atoms with Crippen LogP contribution < -0.4 is 9.22 Å². The van der Waals surface area contributed by atoms with Crippen molar-refractivity contribution in [2.75, 3.05) is 100 Å². The molecule has 0 spiro atoms. The second-order valence-electron chi connectivity index (χ2n) is 11.8. The van der Waals surface area contributed by atoms with Crippen LogP contribution in [0.5, 0.6) is 5.75 Å². The number of halogens is 1. The van der Waals surface area contributed by atoms with Crippen molar-refractivity contribution in [1.82, 2.24) is 14.3 Å². The summed E-state index contributed by atoms with van der Waals surface area (Å²) in [5.41, 5.74) is 1.000. The van der Waals surface area contributed by atoms with Gasteiger partial charge in [0.25, 0.3) is 0 Å². The maximum absolute atomic E-state index is 15.0. The number of quaternary nitrogens is 1. The molecular weight excluding hydrogens is 555 g/mol. The molecule has 244 valence electrons. The number of hydrogen-bond donors (Lipinski definition) is 0. The zero-order valence-corrected chi connectivity index (χ0v) is 26.4. The number of aliphatic imine (C=N–C) groups is 1. The predicted molar refractivity (Wildman–Crippen MR) is 166 cm³/mol. The van der Waals surface area contributed by atoms with Crippen LogP contribution in [0.1, 0.15) is 51.4 Å². The lowest BCUT2D eigenvalue weighted by Gasteiger charge is -2.48. The number of benzene rings is 1. The Morgan fingerprint density at radius 1 is 0.837 bits per heavy atom. The molecule has 43 heavy (non-hydrogen) atoms. The van der Waals surface area contributed by atoms with E-state index in [1.165, 1.54) is 32.8 Å². The zero-order valence-electron chi connectivity index (χ0n) is 26.4. The van der Waals surface area contributed by atoms with Crippen molar-refractivity contribution in [3.63, 3.8) is 0 Å². The lowest BCUT2D eigenvalue weighted by atomic mass is 10.0. The highest BCUT2D eigenvalue weighted by atomic mass is 19.1. The van der Waals surface area contributed by atoms with Crippen LogP contribution in [-0.2, 0) is 23.7 Å². The Balaban J connectivity index is 1.23. The number of nitrogens with zero attached hydrogens (tertiary/aromatic N) is 4. The van der Waals surface area contributed by atoms with Gasteiger partial charge in [-0.1, -0.05) is 12.8 Å². The highest BCUT2D eigenvalue weighted by molar-refractivity contribution is 5.59. The van der Waals surface area contributed by atoms with Gasteiger partial charge in [0.15, 0.2) is 24.9 Å². The Hall–Kier alpha value is -1.86. The van der Waals surface area contributed by atoms with Crippen molar-refractivity contribution in [2.24, 2.45) is 4.99 Å². The molecule has 1 saturated carbocycles. The minimum atomic E-state index is -0.300. The molecular formula is C32H54FN4O6+. The minimum Gasteiger partial charge on any atom is -0.494 e. The third-order valence-electron chi connectivity index (χ3n) is 8.94. The molecule has 11 heteroatoms. The van der Waals surface area contributed by atoms with Crippen LogP contribution in [0.2, 0.25) is 0 Å². The Bertz CT molecular complexity index is 950. The molecule has 2 heterocycles. The van der Waals surface area contributed by atoms with E-state index in [0.717, 1.165) is 51.1 Å². The van der Waals surface area contributed by atoms with Crippen LogP contribution in [0.25, 0.3) is 0 Å². The number of rotatable bonds is 19. The van der Waals surface area contributed by atoms with Crippen molar-refractivity contribution in [3.05, 3.63) is 24.0 Å². The first kappa shape index (κ1) is 34.0. The predicted octanol–water partition coefficient (Wildman–Crippen LogP) is 4.26. The first-order valence-corrected chi connectivity index (χ1v) is 16.1. The van der Waals surface area contributed by atoms with Gasteiger partial charge in [-0.2, -0.15) is 0 Å². The summed E-state index contributed by atoms with van der Waals surface area (Å²) in [4.78, 5) is 9.70. The molecule has 2 fully saturated rings. The van der Waals surface area contributed by atoms with Gasteiger partial charge >= 0.3 is 0 Å². The van der Waals surface area contributed by atoms with Crippen molar-refractivity contribution >= 4 is 12.0 Å². The Morgan fingerprint density at radius 3 is 2.16 bits per heavy atom. The van der Waals surface area contributed by atoms with E-state index >= 15 is 0 Å². The van der Waals surface area contributed by atoms with Gasteiger partial charge in [-0.25, -0.2) is 9.38 Å². The molecule has 0 amide bonds. The van der Waals surface area contributed by atoms with Crippen molar-refractivity contribution < 1.29 is 32.8 Å². The third-order valence-corrected chi connectivity index (χ3v) is 8.94. The van der Waals surface area contributed by atoms with Crippen LogP contribution in [0, 0.1) is 5.82 Å². The minimum absolute atomic E-state index is 0.292. The van der Waals surface area contributed by atoms with Crippen molar-refractivity contribution in [3.8, 4) is 5.75 Å². The van der Waals surface area contributed by atoms with Gasteiger partial charge in [-0.3, -0.25) is 9.38 Å². The van der Waals surface area contributed by atoms with Gasteiger partial charge in [-0.05, 0) is 44.6 Å². The standard InChI is InChI=1S/C32H54FN4O6/c1-38-14-15-40-16-17-41-18-19-42-20-21-43-27-36-13-7-8-28(36)23-35-24-34-25-37(26-35,29-9-5-3-4-6-10-29)30-11-12-32(39-2)31(33)22-30/h11-12,22,24,28-29H,3-10,13-21,23,25-27H2,1-2H3/q+1. The molecule has 10 nitrogen and oxygen atoms in total. The average Bonchev–Trinajstić information content (AvgIpc) is 3.27. The Labute approximate surface area is 257 Å². The molecule has 2 aliphatic heterocycles. The van der Waals surface area contributed by atoms with Crippen LogP contribution in [-0.4, -0.2) is 128 Å². The molecule has 4 rings (SSSR count). The van der Waals surface area contributed by atoms with Gasteiger partial charge in [0, 0.05) is 38.4 Å². The fourth-order valence-electron chi connectivity index (χ4n) is 6.62. The summed E-state index contributed by atoms with van der Waals surface area (Å²) >= 11 is 0. The topological polar surface area (TPSA) is 74.2 Å². The van der Waals surface area contributed by atoms with E-state index in [1.54, 1.807) is 19.2 Å². The first-order chi connectivity index (χ1) is 21.2. The van der Waals surface area contributed by atoms with Crippen molar-refractivity contribution in [2.45, 2.75) is 63.5 Å². The van der Waals surface area contributed by atoms with E-state index < -0.39 is 0 Å². The summed E-state index contributed by atoms with van der Waals surface area (Å²) in [5.74, 6) is -0.00819. The average molecular weight is 610 g/mol. The van der Waals surface area contributed by atoms with Gasteiger partial charge in [0.05, 0.1) is 79.1 Å². The number of ether oxygens (including phenoxy) is 6. The summed E-state index contributed by atoms with van der Waals surface area (Å²) < 4.78 is 48.4.